The van der Waals surface area contributed by atoms with Gasteiger partial charge in [0.25, 0.3) is 0 Å². The molecule has 7 heteroatoms. The number of nitrogens with zero attached hydrogens (tertiary/aromatic N) is 2. The first kappa shape index (κ1) is 19.1. The molecule has 2 aromatic rings. The molecule has 1 fully saturated rings. The first-order chi connectivity index (χ1) is 12.9. The molecule has 0 spiro atoms. The number of amides is 1. The van der Waals surface area contributed by atoms with Gasteiger partial charge >= 0.3 is 0 Å². The number of hydrogen-bond acceptors (Lipinski definition) is 4. The molecule has 0 bridgehead atoms. The number of carbonyl (C=O) groups is 1. The lowest BCUT2D eigenvalue weighted by Gasteiger charge is -2.22. The van der Waals surface area contributed by atoms with Crippen molar-refractivity contribution in [1.29, 1.82) is 5.26 Å². The van der Waals surface area contributed by atoms with Crippen molar-refractivity contribution in [2.24, 2.45) is 5.92 Å². The Morgan fingerprint density at radius 1 is 1.19 bits per heavy atom. The lowest BCUT2D eigenvalue weighted by atomic mass is 10.0. The number of likely N-dealkylation sites (N-methyl/N-ethyl adjacent to an activating group) is 1. The maximum atomic E-state index is 12.7. The van der Waals surface area contributed by atoms with Gasteiger partial charge in [0, 0.05) is 7.05 Å². The van der Waals surface area contributed by atoms with E-state index in [4.69, 9.17) is 5.26 Å². The van der Waals surface area contributed by atoms with Gasteiger partial charge in [0.15, 0.2) is 0 Å². The molecule has 1 aliphatic rings. The molecule has 2 aromatic carbocycles. The lowest BCUT2D eigenvalue weighted by Crippen LogP contribution is -2.40. The average Bonchev–Trinajstić information content (AvgIpc) is 3.51. The summed E-state index contributed by atoms with van der Waals surface area (Å²) in [6, 6.07) is 17.4. The van der Waals surface area contributed by atoms with E-state index >= 15 is 0 Å². The SMILES string of the molecule is CN(CC(=O)N[C@H](c1ccccc1)C1CC1)S(=O)(=O)c1ccccc1C#N. The smallest absolute Gasteiger partial charge is 0.244 e. The molecule has 1 saturated carbocycles. The highest BCUT2D eigenvalue weighted by Crippen LogP contribution is 2.40. The molecule has 0 saturated heterocycles. The molecule has 6 nitrogen and oxygen atoms in total. The predicted octanol–water partition coefficient (Wildman–Crippen LogP) is 2.45. The van der Waals surface area contributed by atoms with Gasteiger partial charge in [-0.15, -0.1) is 0 Å². The lowest BCUT2D eigenvalue weighted by molar-refractivity contribution is -0.122. The third-order valence-electron chi connectivity index (χ3n) is 4.63. The molecule has 1 atom stereocenters. The van der Waals surface area contributed by atoms with Crippen LogP contribution in [0.3, 0.4) is 0 Å². The second-order valence-corrected chi connectivity index (χ2v) is 8.68. The van der Waals surface area contributed by atoms with Crippen LogP contribution in [0.15, 0.2) is 59.5 Å². The Morgan fingerprint density at radius 3 is 2.44 bits per heavy atom. The number of carbonyl (C=O) groups excluding carboxylic acids is 1. The summed E-state index contributed by atoms with van der Waals surface area (Å²) in [6.45, 7) is -0.307. The number of sulfonamides is 1. The summed E-state index contributed by atoms with van der Waals surface area (Å²) in [5, 5.41) is 12.1. The summed E-state index contributed by atoms with van der Waals surface area (Å²) in [5.41, 5.74) is 1.08. The summed E-state index contributed by atoms with van der Waals surface area (Å²) in [7, 11) is -2.59. The van der Waals surface area contributed by atoms with Crippen LogP contribution in [-0.2, 0) is 14.8 Å². The number of hydrogen-bond donors (Lipinski definition) is 1. The second kappa shape index (κ2) is 7.91. The largest absolute Gasteiger partial charge is 0.348 e. The topological polar surface area (TPSA) is 90.3 Å². The van der Waals surface area contributed by atoms with Crippen molar-refractivity contribution in [3.8, 4) is 6.07 Å². The monoisotopic (exact) mass is 383 g/mol. The molecule has 1 aliphatic carbocycles. The minimum atomic E-state index is -3.93. The van der Waals surface area contributed by atoms with Crippen molar-refractivity contribution < 1.29 is 13.2 Å². The molecule has 3 rings (SSSR count). The van der Waals surface area contributed by atoms with E-state index in [1.165, 1.54) is 19.2 Å². The van der Waals surface area contributed by atoms with E-state index in [1.54, 1.807) is 12.1 Å². The van der Waals surface area contributed by atoms with Crippen LogP contribution in [-0.4, -0.2) is 32.2 Å². The zero-order valence-corrected chi connectivity index (χ0v) is 15.8. The van der Waals surface area contributed by atoms with Crippen molar-refractivity contribution in [2.75, 3.05) is 13.6 Å². The van der Waals surface area contributed by atoms with Crippen LogP contribution in [0.5, 0.6) is 0 Å². The van der Waals surface area contributed by atoms with Gasteiger partial charge in [0.1, 0.15) is 6.07 Å². The summed E-state index contributed by atoms with van der Waals surface area (Å²) >= 11 is 0. The molecule has 0 unspecified atom stereocenters. The first-order valence-electron chi connectivity index (χ1n) is 8.73. The normalized spacial score (nSPS) is 15.1. The summed E-state index contributed by atoms with van der Waals surface area (Å²) in [4.78, 5) is 12.4. The van der Waals surface area contributed by atoms with Gasteiger partial charge in [-0.25, -0.2) is 8.42 Å². The van der Waals surface area contributed by atoms with E-state index in [1.807, 2.05) is 36.4 Å². The Morgan fingerprint density at radius 2 is 1.81 bits per heavy atom. The molecule has 27 heavy (non-hydrogen) atoms. The quantitative estimate of drug-likeness (QED) is 0.795. The van der Waals surface area contributed by atoms with Crippen LogP contribution in [0.1, 0.15) is 30.0 Å². The van der Waals surface area contributed by atoms with Crippen LogP contribution < -0.4 is 5.32 Å². The zero-order chi connectivity index (χ0) is 19.4. The number of benzene rings is 2. The molecule has 0 aromatic heterocycles. The van der Waals surface area contributed by atoms with E-state index in [0.29, 0.717) is 5.92 Å². The van der Waals surface area contributed by atoms with Crippen LogP contribution in [0.4, 0.5) is 0 Å². The minimum Gasteiger partial charge on any atom is -0.348 e. The highest BCUT2D eigenvalue weighted by atomic mass is 32.2. The van der Waals surface area contributed by atoms with Crippen molar-refractivity contribution in [3.63, 3.8) is 0 Å². The molecule has 0 heterocycles. The highest BCUT2D eigenvalue weighted by Gasteiger charge is 2.34. The van der Waals surface area contributed by atoms with E-state index < -0.39 is 10.0 Å². The minimum absolute atomic E-state index is 0.0601. The van der Waals surface area contributed by atoms with Crippen molar-refractivity contribution >= 4 is 15.9 Å². The van der Waals surface area contributed by atoms with Crippen molar-refractivity contribution in [2.45, 2.75) is 23.8 Å². The number of nitrogens with one attached hydrogen (secondary N) is 1. The molecule has 0 aliphatic heterocycles. The first-order valence-corrected chi connectivity index (χ1v) is 10.2. The van der Waals surface area contributed by atoms with Gasteiger partial charge in [0.05, 0.1) is 23.0 Å². The third-order valence-corrected chi connectivity index (χ3v) is 6.49. The van der Waals surface area contributed by atoms with E-state index in [-0.39, 0.29) is 29.0 Å². The van der Waals surface area contributed by atoms with E-state index in [9.17, 15) is 13.2 Å². The van der Waals surface area contributed by atoms with Gasteiger partial charge in [-0.05, 0) is 36.5 Å². The maximum absolute atomic E-state index is 12.7. The zero-order valence-electron chi connectivity index (χ0n) is 15.0. The Balaban J connectivity index is 1.72. The molecule has 1 amide bonds. The molecule has 140 valence electrons. The van der Waals surface area contributed by atoms with E-state index in [0.717, 1.165) is 22.7 Å². The Labute approximate surface area is 159 Å². The summed E-state index contributed by atoms with van der Waals surface area (Å²) < 4.78 is 26.5. The Hall–Kier alpha value is -2.69. The predicted molar refractivity (Wildman–Crippen MR) is 101 cm³/mol. The van der Waals surface area contributed by atoms with Gasteiger partial charge in [-0.1, -0.05) is 42.5 Å². The summed E-state index contributed by atoms with van der Waals surface area (Å²) in [6.07, 6.45) is 2.09. The Kier molecular flexibility index (Phi) is 5.59. The fourth-order valence-corrected chi connectivity index (χ4v) is 4.29. The molecular formula is C20H21N3O3S. The second-order valence-electron chi connectivity index (χ2n) is 6.66. The summed E-state index contributed by atoms with van der Waals surface area (Å²) in [5.74, 6) is 0.0221. The molecular weight excluding hydrogens is 362 g/mol. The van der Waals surface area contributed by atoms with Crippen LogP contribution in [0, 0.1) is 17.2 Å². The molecule has 1 N–H and O–H groups in total. The molecule has 0 radical (unpaired) electrons. The standard InChI is InChI=1S/C20H21N3O3S/c1-23(27(25,26)18-10-6-5-9-17(18)13-21)14-19(24)22-20(16-11-12-16)15-7-3-2-4-8-15/h2-10,16,20H,11-12,14H2,1H3,(H,22,24)/t20-/m1/s1. The Bertz CT molecular complexity index is 963. The number of rotatable bonds is 7. The van der Waals surface area contributed by atoms with Gasteiger partial charge in [-0.2, -0.15) is 9.57 Å². The van der Waals surface area contributed by atoms with Gasteiger partial charge in [-0.3, -0.25) is 4.79 Å². The highest BCUT2D eigenvalue weighted by molar-refractivity contribution is 7.89. The van der Waals surface area contributed by atoms with E-state index in [2.05, 4.69) is 5.32 Å². The fourth-order valence-electron chi connectivity index (χ4n) is 3.02. The van der Waals surface area contributed by atoms with Gasteiger partial charge < -0.3 is 5.32 Å². The van der Waals surface area contributed by atoms with Crippen molar-refractivity contribution in [3.05, 3.63) is 65.7 Å². The fraction of sp³-hybridized carbons (Fsp3) is 0.300. The van der Waals surface area contributed by atoms with Crippen LogP contribution in [0.2, 0.25) is 0 Å². The third kappa shape index (κ3) is 4.35. The van der Waals surface area contributed by atoms with Crippen molar-refractivity contribution in [1.82, 2.24) is 9.62 Å². The van der Waals surface area contributed by atoms with Gasteiger partial charge in [0.2, 0.25) is 15.9 Å². The average molecular weight is 383 g/mol. The number of nitriles is 1. The maximum Gasteiger partial charge on any atom is 0.244 e. The van der Waals surface area contributed by atoms with Crippen LogP contribution in [0.25, 0.3) is 0 Å². The van der Waals surface area contributed by atoms with Crippen LogP contribution >= 0.6 is 0 Å².